The number of benzene rings is 1. The predicted octanol–water partition coefficient (Wildman–Crippen LogP) is 2.31. The van der Waals surface area contributed by atoms with Gasteiger partial charge in [0.2, 0.25) is 0 Å². The lowest BCUT2D eigenvalue weighted by Crippen LogP contribution is -2.23. The van der Waals surface area contributed by atoms with Gasteiger partial charge in [-0.3, -0.25) is 4.79 Å². The first-order valence-electron chi connectivity index (χ1n) is 5.62. The number of aromatic nitrogens is 1. The Morgan fingerprint density at radius 1 is 1.39 bits per heavy atom. The van der Waals surface area contributed by atoms with Gasteiger partial charge in [0, 0.05) is 6.54 Å². The van der Waals surface area contributed by atoms with E-state index >= 15 is 0 Å². The normalized spacial score (nSPS) is 13.8. The number of rotatable bonds is 3. The lowest BCUT2D eigenvalue weighted by Gasteiger charge is -2.15. The molecule has 5 heteroatoms. The largest absolute Gasteiger partial charge is 0.497 e. The third kappa shape index (κ3) is 1.86. The highest BCUT2D eigenvalue weighted by Gasteiger charge is 2.29. The van der Waals surface area contributed by atoms with E-state index < -0.39 is 0 Å². The second-order valence-corrected chi connectivity index (χ2v) is 5.07. The van der Waals surface area contributed by atoms with Crippen LogP contribution in [-0.4, -0.2) is 22.9 Å². The molecule has 3 rings (SSSR count). The minimum atomic E-state index is 0.0297. The van der Waals surface area contributed by atoms with E-state index in [2.05, 4.69) is 4.98 Å². The van der Waals surface area contributed by atoms with Gasteiger partial charge in [-0.2, -0.15) is 0 Å². The van der Waals surface area contributed by atoms with Gasteiger partial charge in [0.1, 0.15) is 11.4 Å². The lowest BCUT2D eigenvalue weighted by atomic mass is 10.2. The fourth-order valence-corrected chi connectivity index (χ4v) is 2.80. The van der Waals surface area contributed by atoms with Gasteiger partial charge in [0.25, 0.3) is 5.91 Å². The van der Waals surface area contributed by atoms with Crippen molar-refractivity contribution in [2.75, 3.05) is 7.11 Å². The van der Waals surface area contributed by atoms with E-state index in [1.54, 1.807) is 24.0 Å². The highest BCUT2D eigenvalue weighted by atomic mass is 32.1. The Kier molecular flexibility index (Phi) is 2.76. The first kappa shape index (κ1) is 11.2. The zero-order valence-electron chi connectivity index (χ0n) is 9.92. The molecule has 0 aliphatic carbocycles. The third-order valence-electron chi connectivity index (χ3n) is 3.00. The van der Waals surface area contributed by atoms with Crippen molar-refractivity contribution < 1.29 is 9.53 Å². The van der Waals surface area contributed by atoms with Crippen LogP contribution in [0.1, 0.15) is 20.9 Å². The molecule has 92 valence electrons. The van der Waals surface area contributed by atoms with Crippen molar-refractivity contribution in [3.63, 3.8) is 0 Å². The van der Waals surface area contributed by atoms with Gasteiger partial charge >= 0.3 is 0 Å². The molecule has 0 unspecified atom stereocenters. The molecule has 1 aromatic heterocycles. The van der Waals surface area contributed by atoms with Crippen LogP contribution in [0, 0.1) is 0 Å². The minimum Gasteiger partial charge on any atom is -0.497 e. The Morgan fingerprint density at radius 2 is 2.17 bits per heavy atom. The zero-order valence-corrected chi connectivity index (χ0v) is 10.7. The van der Waals surface area contributed by atoms with Crippen molar-refractivity contribution in [1.82, 2.24) is 9.88 Å². The first-order valence-corrected chi connectivity index (χ1v) is 6.50. The number of methoxy groups -OCH3 is 1. The number of hydrogen-bond donors (Lipinski definition) is 0. The average molecular weight is 260 g/mol. The molecule has 1 aliphatic heterocycles. The SMILES string of the molecule is COc1ccc(CN2Cc3scnc3C2=O)cc1. The molecule has 0 fully saturated rings. The molecule has 0 spiro atoms. The van der Waals surface area contributed by atoms with Crippen LogP contribution in [0.5, 0.6) is 5.75 Å². The number of thiazole rings is 1. The molecular formula is C13H12N2O2S. The molecule has 0 atom stereocenters. The van der Waals surface area contributed by atoms with Gasteiger partial charge in [-0.25, -0.2) is 4.98 Å². The monoisotopic (exact) mass is 260 g/mol. The number of amides is 1. The highest BCUT2D eigenvalue weighted by Crippen LogP contribution is 2.26. The topological polar surface area (TPSA) is 42.4 Å². The molecule has 2 aromatic rings. The Morgan fingerprint density at radius 3 is 2.83 bits per heavy atom. The Hall–Kier alpha value is -1.88. The van der Waals surface area contributed by atoms with Gasteiger partial charge in [-0.1, -0.05) is 12.1 Å². The fraction of sp³-hybridized carbons (Fsp3) is 0.231. The zero-order chi connectivity index (χ0) is 12.5. The number of carbonyl (C=O) groups is 1. The van der Waals surface area contributed by atoms with Crippen LogP contribution in [-0.2, 0) is 13.1 Å². The summed E-state index contributed by atoms with van der Waals surface area (Å²) >= 11 is 1.54. The summed E-state index contributed by atoms with van der Waals surface area (Å²) in [5.74, 6) is 0.856. The highest BCUT2D eigenvalue weighted by molar-refractivity contribution is 7.10. The number of hydrogen-bond acceptors (Lipinski definition) is 4. The molecule has 1 aliphatic rings. The van der Waals surface area contributed by atoms with Crippen LogP contribution in [0.3, 0.4) is 0 Å². The molecule has 0 N–H and O–H groups in total. The Bertz CT molecular complexity index is 577. The molecule has 0 saturated heterocycles. The summed E-state index contributed by atoms with van der Waals surface area (Å²) in [6.45, 7) is 1.29. The van der Waals surface area contributed by atoms with E-state index in [1.165, 1.54) is 0 Å². The van der Waals surface area contributed by atoms with Crippen molar-refractivity contribution in [3.05, 3.63) is 45.9 Å². The molecule has 18 heavy (non-hydrogen) atoms. The van der Waals surface area contributed by atoms with E-state index in [4.69, 9.17) is 4.74 Å². The summed E-state index contributed by atoms with van der Waals surface area (Å²) in [5, 5.41) is 0. The quantitative estimate of drug-likeness (QED) is 0.850. The molecule has 1 aromatic carbocycles. The molecule has 4 nitrogen and oxygen atoms in total. The van der Waals surface area contributed by atoms with Gasteiger partial charge in [-0.15, -0.1) is 11.3 Å². The number of carbonyl (C=O) groups excluding carboxylic acids is 1. The van der Waals surface area contributed by atoms with Crippen molar-refractivity contribution in [1.29, 1.82) is 0 Å². The fourth-order valence-electron chi connectivity index (χ4n) is 2.03. The lowest BCUT2D eigenvalue weighted by molar-refractivity contribution is 0.0762. The summed E-state index contributed by atoms with van der Waals surface area (Å²) in [6, 6.07) is 7.77. The molecule has 0 bridgehead atoms. The second kappa shape index (κ2) is 4.42. The van der Waals surface area contributed by atoms with E-state index in [1.807, 2.05) is 29.2 Å². The molecule has 2 heterocycles. The standard InChI is InChI=1S/C13H12N2O2S/c1-17-10-4-2-9(3-5-10)6-15-7-11-12(13(15)16)14-8-18-11/h2-5,8H,6-7H2,1H3. The second-order valence-electron chi connectivity index (χ2n) is 4.13. The number of ether oxygens (including phenoxy) is 1. The molecule has 0 saturated carbocycles. The van der Waals surface area contributed by atoms with Gasteiger partial charge in [0.05, 0.1) is 24.0 Å². The third-order valence-corrected chi connectivity index (χ3v) is 3.82. The van der Waals surface area contributed by atoms with Crippen LogP contribution < -0.4 is 4.74 Å². The van der Waals surface area contributed by atoms with Crippen LogP contribution in [0.15, 0.2) is 29.8 Å². The Balaban J connectivity index is 1.74. The maximum Gasteiger partial charge on any atom is 0.274 e. The summed E-state index contributed by atoms with van der Waals surface area (Å²) in [5.41, 5.74) is 3.45. The predicted molar refractivity (Wildman–Crippen MR) is 68.7 cm³/mol. The Labute approximate surface area is 109 Å². The van der Waals surface area contributed by atoms with Gasteiger partial charge in [-0.05, 0) is 17.7 Å². The molecular weight excluding hydrogens is 248 g/mol. The molecule has 0 radical (unpaired) electrons. The van der Waals surface area contributed by atoms with Crippen molar-refractivity contribution in [3.8, 4) is 5.75 Å². The summed E-state index contributed by atoms with van der Waals surface area (Å²) in [4.78, 5) is 19.0. The van der Waals surface area contributed by atoms with Crippen LogP contribution >= 0.6 is 11.3 Å². The van der Waals surface area contributed by atoms with Crippen molar-refractivity contribution >= 4 is 17.2 Å². The van der Waals surface area contributed by atoms with Crippen LogP contribution in [0.25, 0.3) is 0 Å². The van der Waals surface area contributed by atoms with Crippen molar-refractivity contribution in [2.45, 2.75) is 13.1 Å². The van der Waals surface area contributed by atoms with E-state index in [0.717, 1.165) is 16.2 Å². The van der Waals surface area contributed by atoms with Gasteiger partial charge in [0.15, 0.2) is 0 Å². The summed E-state index contributed by atoms with van der Waals surface area (Å²) in [7, 11) is 1.64. The minimum absolute atomic E-state index is 0.0297. The maximum atomic E-state index is 12.0. The van der Waals surface area contributed by atoms with E-state index in [-0.39, 0.29) is 5.91 Å². The number of fused-ring (bicyclic) bond motifs is 1. The van der Waals surface area contributed by atoms with E-state index in [0.29, 0.717) is 18.8 Å². The smallest absolute Gasteiger partial charge is 0.274 e. The van der Waals surface area contributed by atoms with Crippen molar-refractivity contribution in [2.24, 2.45) is 0 Å². The van der Waals surface area contributed by atoms with Gasteiger partial charge < -0.3 is 9.64 Å². The van der Waals surface area contributed by atoms with Crippen LogP contribution in [0.4, 0.5) is 0 Å². The van der Waals surface area contributed by atoms with E-state index in [9.17, 15) is 4.79 Å². The summed E-state index contributed by atoms with van der Waals surface area (Å²) in [6.07, 6.45) is 0. The first-order chi connectivity index (χ1) is 8.78. The average Bonchev–Trinajstić information content (AvgIpc) is 2.95. The number of nitrogens with zero attached hydrogens (tertiary/aromatic N) is 2. The van der Waals surface area contributed by atoms with Crippen LogP contribution in [0.2, 0.25) is 0 Å². The maximum absolute atomic E-state index is 12.0. The molecule has 1 amide bonds. The summed E-state index contributed by atoms with van der Waals surface area (Å²) < 4.78 is 5.11.